The molecule has 11 heteroatoms. The molecule has 6 aromatic rings. The Labute approximate surface area is 203 Å². The van der Waals surface area contributed by atoms with Crippen LogP contribution < -0.4 is 14.2 Å². The number of benzene rings is 1. The van der Waals surface area contributed by atoms with Crippen LogP contribution in [0.4, 0.5) is 0 Å². The number of halogens is 1. The van der Waals surface area contributed by atoms with Crippen molar-refractivity contribution in [2.45, 2.75) is 13.3 Å². The second kappa shape index (κ2) is 7.88. The van der Waals surface area contributed by atoms with Crippen LogP contribution in [0, 0.1) is 0 Å². The maximum absolute atomic E-state index is 10.4. The van der Waals surface area contributed by atoms with Gasteiger partial charge in [0.15, 0.2) is 29.4 Å². The molecule has 0 amide bonds. The molecule has 35 heavy (non-hydrogen) atoms. The third kappa shape index (κ3) is 3.50. The summed E-state index contributed by atoms with van der Waals surface area (Å²) in [7, 11) is 3.69. The molecule has 0 saturated heterocycles. The third-order valence-corrected chi connectivity index (χ3v) is 6.28. The zero-order chi connectivity index (χ0) is 24.3. The van der Waals surface area contributed by atoms with Crippen molar-refractivity contribution in [3.05, 3.63) is 60.0 Å². The van der Waals surface area contributed by atoms with Crippen molar-refractivity contribution in [1.29, 1.82) is 0 Å². The number of nitrogens with one attached hydrogen (secondary N) is 1. The number of aryl methyl sites for hydroxylation is 3. The minimum atomic E-state index is 0.411. The highest BCUT2D eigenvalue weighted by molar-refractivity contribution is 6.37. The lowest BCUT2D eigenvalue weighted by atomic mass is 10.2. The molecule has 5 heterocycles. The Morgan fingerprint density at radius 1 is 0.971 bits per heavy atom. The number of H-pyrrole nitrogens is 1. The second-order valence-electron chi connectivity index (χ2n) is 8.27. The van der Waals surface area contributed by atoms with E-state index in [1.807, 2.05) is 30.7 Å². The van der Waals surface area contributed by atoms with Crippen LogP contribution in [0.1, 0.15) is 12.6 Å². The Hall–Kier alpha value is -4.31. The van der Waals surface area contributed by atoms with E-state index < -0.39 is 0 Å². The molecular weight excluding hydrogens is 470 g/mol. The van der Waals surface area contributed by atoms with Gasteiger partial charge in [0.05, 0.1) is 35.5 Å². The third-order valence-electron chi connectivity index (χ3n) is 5.87. The lowest BCUT2D eigenvalue weighted by Gasteiger charge is -2.11. The molecule has 0 aliphatic rings. The van der Waals surface area contributed by atoms with Gasteiger partial charge in [0.1, 0.15) is 22.8 Å². The molecular formula is C24H21ClN7O3+. The molecule has 0 aliphatic carbocycles. The summed E-state index contributed by atoms with van der Waals surface area (Å²) in [6.45, 7) is 2.02. The van der Waals surface area contributed by atoms with E-state index in [0.29, 0.717) is 39.2 Å². The van der Waals surface area contributed by atoms with Crippen LogP contribution in [-0.4, -0.2) is 34.3 Å². The monoisotopic (exact) mass is 490 g/mol. The van der Waals surface area contributed by atoms with E-state index in [1.54, 1.807) is 42.6 Å². The van der Waals surface area contributed by atoms with Gasteiger partial charge in [0.25, 0.3) is 0 Å². The molecule has 0 spiro atoms. The average Bonchev–Trinajstić information content (AvgIpc) is 3.49. The number of imidazole rings is 2. The van der Waals surface area contributed by atoms with E-state index >= 15 is 0 Å². The van der Waals surface area contributed by atoms with Crippen molar-refractivity contribution in [3.8, 4) is 23.0 Å². The van der Waals surface area contributed by atoms with E-state index in [2.05, 4.69) is 19.9 Å². The highest BCUT2D eigenvalue weighted by Crippen LogP contribution is 2.41. The molecule has 0 atom stereocenters. The summed E-state index contributed by atoms with van der Waals surface area (Å²) in [5.74, 6) is 1.93. The summed E-state index contributed by atoms with van der Waals surface area (Å²) in [5.41, 5.74) is 4.29. The lowest BCUT2D eigenvalue weighted by Crippen LogP contribution is -2.32. The number of aromatic amines is 1. The van der Waals surface area contributed by atoms with Gasteiger partial charge in [0.2, 0.25) is 0 Å². The Morgan fingerprint density at radius 2 is 1.74 bits per heavy atom. The molecule has 0 saturated carbocycles. The fourth-order valence-electron chi connectivity index (χ4n) is 4.22. The fourth-order valence-corrected chi connectivity index (χ4v) is 4.59. The van der Waals surface area contributed by atoms with Gasteiger partial charge in [-0.25, -0.2) is 19.5 Å². The van der Waals surface area contributed by atoms with E-state index in [0.717, 1.165) is 38.9 Å². The van der Waals surface area contributed by atoms with Gasteiger partial charge in [0, 0.05) is 37.0 Å². The smallest absolute Gasteiger partial charge is 0.347 e. The summed E-state index contributed by atoms with van der Waals surface area (Å²) < 4.78 is 16.9. The molecule has 6 rings (SSSR count). The first-order chi connectivity index (χ1) is 16.9. The SMILES string of the molecule is CCc1[nH]c2cc(Oc3cc4ncn(C)c4[n+](O)c3)cc(Oc3cnc4c(c3)ncn4C)c2c1Cl. The molecule has 0 aliphatic heterocycles. The number of rotatable bonds is 5. The molecule has 176 valence electrons. The number of aromatic nitrogens is 7. The van der Waals surface area contributed by atoms with Gasteiger partial charge < -0.3 is 24.2 Å². The highest BCUT2D eigenvalue weighted by Gasteiger charge is 2.19. The second-order valence-corrected chi connectivity index (χ2v) is 8.65. The topological polar surface area (TPSA) is 107 Å². The predicted octanol–water partition coefficient (Wildman–Crippen LogP) is 4.66. The fraction of sp³-hybridized carbons (Fsp3) is 0.167. The minimum Gasteiger partial charge on any atom is -0.455 e. The van der Waals surface area contributed by atoms with Gasteiger partial charge in [-0.1, -0.05) is 18.5 Å². The summed E-state index contributed by atoms with van der Waals surface area (Å²) in [6, 6.07) is 7.18. The van der Waals surface area contributed by atoms with E-state index in [4.69, 9.17) is 21.1 Å². The minimum absolute atomic E-state index is 0.411. The maximum Gasteiger partial charge on any atom is 0.347 e. The van der Waals surface area contributed by atoms with Crippen LogP contribution in [0.25, 0.3) is 33.2 Å². The Kier molecular flexibility index (Phi) is 4.78. The van der Waals surface area contributed by atoms with Crippen molar-refractivity contribution in [3.63, 3.8) is 0 Å². The molecule has 10 nitrogen and oxygen atoms in total. The number of pyridine rings is 2. The standard InChI is InChI=1S/C24H21ClN7O3/c1-4-16-22(25)21-17(29-16)5-13(34-15-7-19-24(32(33)10-15)31(3)12-28-19)8-20(21)35-14-6-18-23(26-9-14)30(2)11-27-18/h5-12,29,33H,4H2,1-3H3/q+1. The molecule has 5 aromatic heterocycles. The van der Waals surface area contributed by atoms with Crippen LogP contribution in [0.15, 0.2) is 49.3 Å². The van der Waals surface area contributed by atoms with E-state index in [1.165, 1.54) is 6.20 Å². The predicted molar refractivity (Wildman–Crippen MR) is 129 cm³/mol. The quantitative estimate of drug-likeness (QED) is 0.269. The summed E-state index contributed by atoms with van der Waals surface area (Å²) >= 11 is 6.70. The number of hydrogen-bond donors (Lipinski definition) is 2. The van der Waals surface area contributed by atoms with Gasteiger partial charge in [-0.15, -0.1) is 0 Å². The summed E-state index contributed by atoms with van der Waals surface area (Å²) in [5, 5.41) is 11.7. The van der Waals surface area contributed by atoms with Crippen LogP contribution >= 0.6 is 11.6 Å². The average molecular weight is 491 g/mol. The van der Waals surface area contributed by atoms with Crippen molar-refractivity contribution in [2.75, 3.05) is 0 Å². The zero-order valence-corrected chi connectivity index (χ0v) is 19.9. The van der Waals surface area contributed by atoms with Gasteiger partial charge in [-0.2, -0.15) is 0 Å². The number of nitrogens with zero attached hydrogens (tertiary/aromatic N) is 6. The number of ether oxygens (including phenoxy) is 2. The first kappa shape index (κ1) is 21.2. The Balaban J connectivity index is 1.44. The maximum atomic E-state index is 10.4. The molecule has 0 bridgehead atoms. The summed E-state index contributed by atoms with van der Waals surface area (Å²) in [4.78, 5) is 16.5. The van der Waals surface area contributed by atoms with Crippen LogP contribution in [0.5, 0.6) is 23.0 Å². The number of fused-ring (bicyclic) bond motifs is 3. The normalized spacial score (nSPS) is 11.7. The largest absolute Gasteiger partial charge is 0.455 e. The molecule has 0 radical (unpaired) electrons. The van der Waals surface area contributed by atoms with Gasteiger partial charge >= 0.3 is 5.65 Å². The van der Waals surface area contributed by atoms with E-state index in [-0.39, 0.29) is 0 Å². The van der Waals surface area contributed by atoms with Crippen LogP contribution in [0.2, 0.25) is 5.02 Å². The van der Waals surface area contributed by atoms with Crippen molar-refractivity contribution in [2.24, 2.45) is 14.1 Å². The highest BCUT2D eigenvalue weighted by atomic mass is 35.5. The van der Waals surface area contributed by atoms with Gasteiger partial charge in [-0.05, 0) is 11.2 Å². The molecule has 2 N–H and O–H groups in total. The van der Waals surface area contributed by atoms with Crippen molar-refractivity contribution in [1.82, 2.24) is 29.1 Å². The van der Waals surface area contributed by atoms with Crippen LogP contribution in [-0.2, 0) is 20.5 Å². The van der Waals surface area contributed by atoms with Crippen LogP contribution in [0.3, 0.4) is 0 Å². The lowest BCUT2D eigenvalue weighted by molar-refractivity contribution is -0.886. The van der Waals surface area contributed by atoms with Crippen molar-refractivity contribution >= 4 is 44.8 Å². The van der Waals surface area contributed by atoms with Gasteiger partial charge in [-0.3, -0.25) is 0 Å². The molecule has 0 unspecified atom stereocenters. The Bertz CT molecular complexity index is 1750. The summed E-state index contributed by atoms with van der Waals surface area (Å²) in [6.07, 6.45) is 7.18. The van der Waals surface area contributed by atoms with E-state index in [9.17, 15) is 5.21 Å². The molecule has 0 fully saturated rings. The molecule has 1 aromatic carbocycles. The zero-order valence-electron chi connectivity index (χ0n) is 19.2. The Morgan fingerprint density at radius 3 is 2.57 bits per heavy atom. The van der Waals surface area contributed by atoms with Crippen molar-refractivity contribution < 1.29 is 19.4 Å². The first-order valence-corrected chi connectivity index (χ1v) is 11.3. The number of hydrogen-bond acceptors (Lipinski definition) is 6. The first-order valence-electron chi connectivity index (χ1n) is 10.9.